The van der Waals surface area contributed by atoms with Crippen molar-refractivity contribution in [2.75, 3.05) is 18.9 Å². The molecule has 1 heterocycles. The maximum atomic E-state index is 14.2. The zero-order chi connectivity index (χ0) is 19.2. The second-order valence-electron chi connectivity index (χ2n) is 6.47. The normalized spacial score (nSPS) is 16.7. The molecule has 1 fully saturated rings. The Labute approximate surface area is 157 Å². The van der Waals surface area contributed by atoms with Gasteiger partial charge in [0, 0.05) is 25.3 Å². The van der Waals surface area contributed by atoms with Gasteiger partial charge in [-0.3, -0.25) is 4.79 Å². The van der Waals surface area contributed by atoms with E-state index in [1.165, 1.54) is 12.1 Å². The molecule has 2 aromatic rings. The predicted octanol–water partition coefficient (Wildman–Crippen LogP) is 3.15. The Balaban J connectivity index is 1.55. The molecule has 1 saturated heterocycles. The van der Waals surface area contributed by atoms with Gasteiger partial charge in [0.1, 0.15) is 12.6 Å². The SMILES string of the molecule is CN1CCCC(NC(=O)Nc2ccc(OCc3ccccc3)c(F)c2)C1=O. The highest BCUT2D eigenvalue weighted by Crippen LogP contribution is 2.22. The fourth-order valence-corrected chi connectivity index (χ4v) is 2.92. The summed E-state index contributed by atoms with van der Waals surface area (Å²) in [6.45, 7) is 0.941. The summed E-state index contributed by atoms with van der Waals surface area (Å²) >= 11 is 0. The third kappa shape index (κ3) is 4.97. The van der Waals surface area contributed by atoms with Crippen LogP contribution in [0.4, 0.5) is 14.9 Å². The molecule has 0 bridgehead atoms. The highest BCUT2D eigenvalue weighted by Gasteiger charge is 2.27. The molecule has 1 aliphatic rings. The molecule has 6 nitrogen and oxygen atoms in total. The number of likely N-dealkylation sites (N-methyl/N-ethyl adjacent to an activating group) is 1. The van der Waals surface area contributed by atoms with Crippen molar-refractivity contribution in [1.82, 2.24) is 10.2 Å². The van der Waals surface area contributed by atoms with E-state index in [-0.39, 0.29) is 24.0 Å². The van der Waals surface area contributed by atoms with Crippen LogP contribution >= 0.6 is 0 Å². The third-order valence-electron chi connectivity index (χ3n) is 4.39. The van der Waals surface area contributed by atoms with E-state index in [1.54, 1.807) is 18.0 Å². The van der Waals surface area contributed by atoms with Crippen LogP contribution in [0, 0.1) is 5.82 Å². The van der Waals surface area contributed by atoms with E-state index in [0.717, 1.165) is 12.0 Å². The summed E-state index contributed by atoms with van der Waals surface area (Å²) < 4.78 is 19.7. The van der Waals surface area contributed by atoms with Crippen LogP contribution in [0.2, 0.25) is 0 Å². The summed E-state index contributed by atoms with van der Waals surface area (Å²) in [5, 5.41) is 5.18. The molecule has 2 aromatic carbocycles. The molecule has 0 aromatic heterocycles. The Morgan fingerprint density at radius 2 is 2.04 bits per heavy atom. The van der Waals surface area contributed by atoms with E-state index in [1.807, 2.05) is 30.3 Å². The van der Waals surface area contributed by atoms with Crippen LogP contribution in [0.15, 0.2) is 48.5 Å². The molecule has 2 N–H and O–H groups in total. The minimum atomic E-state index is -0.572. The van der Waals surface area contributed by atoms with Gasteiger partial charge in [-0.05, 0) is 30.5 Å². The van der Waals surface area contributed by atoms with Gasteiger partial charge in [0.2, 0.25) is 5.91 Å². The van der Waals surface area contributed by atoms with Crippen molar-refractivity contribution in [3.63, 3.8) is 0 Å². The fraction of sp³-hybridized carbons (Fsp3) is 0.300. The zero-order valence-corrected chi connectivity index (χ0v) is 15.1. The van der Waals surface area contributed by atoms with Gasteiger partial charge in [0.15, 0.2) is 11.6 Å². The summed E-state index contributed by atoms with van der Waals surface area (Å²) in [5.74, 6) is -0.585. The van der Waals surface area contributed by atoms with Gasteiger partial charge in [0.25, 0.3) is 0 Å². The minimum absolute atomic E-state index is 0.105. The molecule has 0 radical (unpaired) electrons. The third-order valence-corrected chi connectivity index (χ3v) is 4.39. The first-order valence-electron chi connectivity index (χ1n) is 8.81. The first-order chi connectivity index (χ1) is 13.0. The summed E-state index contributed by atoms with van der Waals surface area (Å²) in [6, 6.07) is 12.6. The fourth-order valence-electron chi connectivity index (χ4n) is 2.92. The molecule has 0 aliphatic carbocycles. The second kappa shape index (κ2) is 8.53. The number of urea groups is 1. The number of carbonyl (C=O) groups is 2. The Hall–Kier alpha value is -3.09. The number of piperidine rings is 1. The number of nitrogens with one attached hydrogen (secondary N) is 2. The van der Waals surface area contributed by atoms with Gasteiger partial charge >= 0.3 is 6.03 Å². The number of halogens is 1. The van der Waals surface area contributed by atoms with Crippen LogP contribution in [-0.2, 0) is 11.4 Å². The van der Waals surface area contributed by atoms with Crippen molar-refractivity contribution >= 4 is 17.6 Å². The first kappa shape index (κ1) is 18.7. The Morgan fingerprint density at radius 3 is 2.78 bits per heavy atom. The number of amides is 3. The smallest absolute Gasteiger partial charge is 0.319 e. The van der Waals surface area contributed by atoms with Crippen molar-refractivity contribution in [2.45, 2.75) is 25.5 Å². The molecular formula is C20H22FN3O3. The summed E-state index contributed by atoms with van der Waals surface area (Å²) in [6.07, 6.45) is 1.42. The number of carbonyl (C=O) groups excluding carboxylic acids is 2. The lowest BCUT2D eigenvalue weighted by Gasteiger charge is -2.29. The number of likely N-dealkylation sites (tertiary alicyclic amines) is 1. The minimum Gasteiger partial charge on any atom is -0.486 e. The number of rotatable bonds is 5. The van der Waals surface area contributed by atoms with E-state index in [4.69, 9.17) is 4.74 Å². The van der Waals surface area contributed by atoms with Gasteiger partial charge < -0.3 is 20.3 Å². The van der Waals surface area contributed by atoms with Crippen LogP contribution in [-0.4, -0.2) is 36.5 Å². The monoisotopic (exact) mass is 371 g/mol. The lowest BCUT2D eigenvalue weighted by atomic mass is 10.1. The Morgan fingerprint density at radius 1 is 1.26 bits per heavy atom. The van der Waals surface area contributed by atoms with Crippen molar-refractivity contribution in [3.05, 3.63) is 59.9 Å². The molecule has 1 aliphatic heterocycles. The number of benzene rings is 2. The lowest BCUT2D eigenvalue weighted by molar-refractivity contribution is -0.134. The average Bonchev–Trinajstić information content (AvgIpc) is 2.66. The van der Waals surface area contributed by atoms with Gasteiger partial charge in [-0.15, -0.1) is 0 Å². The van der Waals surface area contributed by atoms with Gasteiger partial charge in [-0.25, -0.2) is 9.18 Å². The van der Waals surface area contributed by atoms with E-state index in [9.17, 15) is 14.0 Å². The first-order valence-corrected chi connectivity index (χ1v) is 8.81. The largest absolute Gasteiger partial charge is 0.486 e. The number of hydrogen-bond acceptors (Lipinski definition) is 3. The van der Waals surface area contributed by atoms with Crippen LogP contribution in [0.1, 0.15) is 18.4 Å². The standard InChI is InChI=1S/C20H22FN3O3/c1-24-11-5-8-17(19(24)25)23-20(26)22-15-9-10-18(16(21)12-15)27-13-14-6-3-2-4-7-14/h2-4,6-7,9-10,12,17H,5,8,11,13H2,1H3,(H2,22,23,26). The molecule has 0 spiro atoms. The van der Waals surface area contributed by atoms with Crippen LogP contribution in [0.5, 0.6) is 5.75 Å². The predicted molar refractivity (Wildman–Crippen MR) is 100.0 cm³/mol. The summed E-state index contributed by atoms with van der Waals surface area (Å²) in [5.41, 5.74) is 1.22. The summed E-state index contributed by atoms with van der Waals surface area (Å²) in [7, 11) is 1.71. The van der Waals surface area contributed by atoms with Crippen molar-refractivity contribution in [2.24, 2.45) is 0 Å². The molecule has 7 heteroatoms. The maximum Gasteiger partial charge on any atom is 0.319 e. The van der Waals surface area contributed by atoms with Gasteiger partial charge in [-0.1, -0.05) is 30.3 Å². The van der Waals surface area contributed by atoms with Crippen molar-refractivity contribution in [3.8, 4) is 5.75 Å². The quantitative estimate of drug-likeness (QED) is 0.848. The van der Waals surface area contributed by atoms with Gasteiger partial charge in [-0.2, -0.15) is 0 Å². The Kier molecular flexibility index (Phi) is 5.90. The lowest BCUT2D eigenvalue weighted by Crippen LogP contribution is -2.51. The molecule has 142 valence electrons. The van der Waals surface area contributed by atoms with Crippen LogP contribution in [0.3, 0.4) is 0 Å². The number of nitrogens with zero attached hydrogens (tertiary/aromatic N) is 1. The van der Waals surface area contributed by atoms with Crippen LogP contribution in [0.25, 0.3) is 0 Å². The Bertz CT molecular complexity index is 813. The number of anilines is 1. The highest BCUT2D eigenvalue weighted by atomic mass is 19.1. The van der Waals surface area contributed by atoms with Crippen LogP contribution < -0.4 is 15.4 Å². The summed E-state index contributed by atoms with van der Waals surface area (Å²) in [4.78, 5) is 25.7. The van der Waals surface area contributed by atoms with E-state index < -0.39 is 17.9 Å². The zero-order valence-electron chi connectivity index (χ0n) is 15.1. The molecule has 0 saturated carbocycles. The van der Waals surface area contributed by atoms with E-state index in [0.29, 0.717) is 13.0 Å². The maximum absolute atomic E-state index is 14.2. The van der Waals surface area contributed by atoms with E-state index >= 15 is 0 Å². The van der Waals surface area contributed by atoms with Crippen molar-refractivity contribution < 1.29 is 18.7 Å². The van der Waals surface area contributed by atoms with E-state index in [2.05, 4.69) is 10.6 Å². The molecule has 1 unspecified atom stereocenters. The molecule has 3 rings (SSSR count). The van der Waals surface area contributed by atoms with Crippen molar-refractivity contribution in [1.29, 1.82) is 0 Å². The number of ether oxygens (including phenoxy) is 1. The second-order valence-corrected chi connectivity index (χ2v) is 6.47. The molecule has 27 heavy (non-hydrogen) atoms. The molecule has 1 atom stereocenters. The topological polar surface area (TPSA) is 70.7 Å². The average molecular weight is 371 g/mol. The number of hydrogen-bond donors (Lipinski definition) is 2. The van der Waals surface area contributed by atoms with Gasteiger partial charge in [0.05, 0.1) is 0 Å². The highest BCUT2D eigenvalue weighted by molar-refractivity contribution is 5.93. The molecule has 3 amide bonds. The molecular weight excluding hydrogens is 349 g/mol.